The van der Waals surface area contributed by atoms with Crippen molar-refractivity contribution in [2.45, 2.75) is 19.9 Å². The minimum absolute atomic E-state index is 0.0704. The van der Waals surface area contributed by atoms with Gasteiger partial charge >= 0.3 is 12.0 Å². The average Bonchev–Trinajstić information content (AvgIpc) is 2.83. The largest absolute Gasteiger partial charge is 0.480 e. The van der Waals surface area contributed by atoms with Crippen molar-refractivity contribution in [2.75, 3.05) is 5.32 Å². The Bertz CT molecular complexity index is 612. The lowest BCUT2D eigenvalue weighted by Crippen LogP contribution is -2.34. The van der Waals surface area contributed by atoms with Gasteiger partial charge in [-0.05, 0) is 18.1 Å². The third-order valence-corrected chi connectivity index (χ3v) is 2.96. The lowest BCUT2D eigenvalue weighted by Gasteiger charge is -2.15. The molecule has 1 aromatic heterocycles. The predicted molar refractivity (Wildman–Crippen MR) is 74.6 cm³/mol. The van der Waals surface area contributed by atoms with Crippen LogP contribution in [0, 0.1) is 5.92 Å². The Morgan fingerprint density at radius 1 is 1.45 bits per heavy atom. The third kappa shape index (κ3) is 3.27. The van der Waals surface area contributed by atoms with E-state index >= 15 is 0 Å². The Labute approximate surface area is 120 Å². The van der Waals surface area contributed by atoms with Gasteiger partial charge in [-0.15, -0.1) is 0 Å². The zero-order valence-electron chi connectivity index (χ0n) is 11.0. The molecule has 2 rings (SSSR count). The Kier molecular flexibility index (Phi) is 4.24. The van der Waals surface area contributed by atoms with Gasteiger partial charge in [-0.2, -0.15) is 4.98 Å². The van der Waals surface area contributed by atoms with Gasteiger partial charge in [-0.1, -0.05) is 42.7 Å². The quantitative estimate of drug-likeness (QED) is 0.881. The fourth-order valence-corrected chi connectivity index (χ4v) is 1.86. The highest BCUT2D eigenvalue weighted by Gasteiger charge is 2.23. The van der Waals surface area contributed by atoms with E-state index in [1.165, 1.54) is 0 Å². The van der Waals surface area contributed by atoms with E-state index < -0.39 is 12.0 Å². The predicted octanol–water partition coefficient (Wildman–Crippen LogP) is 2.91. The molecule has 0 saturated heterocycles. The highest BCUT2D eigenvalue weighted by Crippen LogP contribution is 2.21. The molecule has 2 N–H and O–H groups in total. The molecule has 106 valence electrons. The third-order valence-electron chi connectivity index (χ3n) is 2.72. The van der Waals surface area contributed by atoms with Crippen LogP contribution in [0.15, 0.2) is 28.8 Å². The van der Waals surface area contributed by atoms with E-state index in [4.69, 9.17) is 21.2 Å². The summed E-state index contributed by atoms with van der Waals surface area (Å²) < 4.78 is 5.01. The monoisotopic (exact) mass is 295 g/mol. The Hall–Kier alpha value is -2.08. The SMILES string of the molecule is CC(C)[C@H](Nc1nc(-c2cccc(Cl)c2)no1)C(=O)O. The molecule has 1 heterocycles. The van der Waals surface area contributed by atoms with E-state index in [1.807, 2.05) is 0 Å². The van der Waals surface area contributed by atoms with Crippen LogP contribution in [0.3, 0.4) is 0 Å². The molecule has 0 aliphatic rings. The molecule has 20 heavy (non-hydrogen) atoms. The van der Waals surface area contributed by atoms with Crippen molar-refractivity contribution in [3.05, 3.63) is 29.3 Å². The fourth-order valence-electron chi connectivity index (χ4n) is 1.67. The maximum absolute atomic E-state index is 11.1. The number of rotatable bonds is 5. The number of carbonyl (C=O) groups is 1. The summed E-state index contributed by atoms with van der Waals surface area (Å²) >= 11 is 5.89. The Morgan fingerprint density at radius 3 is 2.80 bits per heavy atom. The van der Waals surface area contributed by atoms with Crippen molar-refractivity contribution in [1.82, 2.24) is 10.1 Å². The second kappa shape index (κ2) is 5.92. The van der Waals surface area contributed by atoms with Crippen molar-refractivity contribution < 1.29 is 14.4 Å². The summed E-state index contributed by atoms with van der Waals surface area (Å²) in [6.45, 7) is 3.58. The molecule has 0 bridgehead atoms. The maximum atomic E-state index is 11.1. The number of benzene rings is 1. The first kappa shape index (κ1) is 14.3. The molecule has 0 radical (unpaired) electrons. The summed E-state index contributed by atoms with van der Waals surface area (Å²) in [6.07, 6.45) is 0. The molecule has 7 heteroatoms. The Balaban J connectivity index is 2.19. The highest BCUT2D eigenvalue weighted by molar-refractivity contribution is 6.30. The normalized spacial score (nSPS) is 12.4. The van der Waals surface area contributed by atoms with Crippen LogP contribution >= 0.6 is 11.6 Å². The van der Waals surface area contributed by atoms with Gasteiger partial charge in [0.25, 0.3) is 0 Å². The summed E-state index contributed by atoms with van der Waals surface area (Å²) in [4.78, 5) is 15.2. The van der Waals surface area contributed by atoms with Crippen LogP contribution in [-0.4, -0.2) is 27.3 Å². The van der Waals surface area contributed by atoms with Crippen LogP contribution in [0.25, 0.3) is 11.4 Å². The molecule has 6 nitrogen and oxygen atoms in total. The first-order chi connectivity index (χ1) is 9.47. The second-order valence-corrected chi connectivity index (χ2v) is 5.07. The van der Waals surface area contributed by atoms with E-state index in [-0.39, 0.29) is 11.9 Å². The van der Waals surface area contributed by atoms with Crippen molar-refractivity contribution in [3.63, 3.8) is 0 Å². The van der Waals surface area contributed by atoms with Crippen LogP contribution in [0.2, 0.25) is 5.02 Å². The van der Waals surface area contributed by atoms with Gasteiger partial charge in [0, 0.05) is 10.6 Å². The first-order valence-electron chi connectivity index (χ1n) is 6.06. The number of carboxylic acid groups (broad SMARTS) is 1. The van der Waals surface area contributed by atoms with Crippen LogP contribution in [0.4, 0.5) is 6.01 Å². The summed E-state index contributed by atoms with van der Waals surface area (Å²) in [5.41, 5.74) is 0.700. The summed E-state index contributed by atoms with van der Waals surface area (Å²) in [6, 6.07) is 6.28. The second-order valence-electron chi connectivity index (χ2n) is 4.64. The zero-order chi connectivity index (χ0) is 14.7. The number of anilines is 1. The van der Waals surface area contributed by atoms with Gasteiger partial charge in [0.15, 0.2) is 0 Å². The Morgan fingerprint density at radius 2 is 2.20 bits per heavy atom. The van der Waals surface area contributed by atoms with Crippen molar-refractivity contribution in [2.24, 2.45) is 5.92 Å². The van der Waals surface area contributed by atoms with E-state index in [9.17, 15) is 4.79 Å². The standard InChI is InChI=1S/C13H14ClN3O3/c1-7(2)10(12(18)19)15-13-16-11(17-20-13)8-4-3-5-9(14)6-8/h3-7,10H,1-2H3,(H,18,19)(H,15,16,17)/t10-/m0/s1. The number of hydrogen-bond acceptors (Lipinski definition) is 5. The highest BCUT2D eigenvalue weighted by atomic mass is 35.5. The van der Waals surface area contributed by atoms with Gasteiger partial charge in [-0.3, -0.25) is 0 Å². The number of nitrogens with zero attached hydrogens (tertiary/aromatic N) is 2. The van der Waals surface area contributed by atoms with Gasteiger partial charge in [0.2, 0.25) is 5.82 Å². The molecule has 0 aliphatic heterocycles. The topological polar surface area (TPSA) is 88.3 Å². The van der Waals surface area contributed by atoms with Gasteiger partial charge < -0.3 is 14.9 Å². The smallest absolute Gasteiger partial charge is 0.326 e. The van der Waals surface area contributed by atoms with E-state index in [1.54, 1.807) is 38.1 Å². The average molecular weight is 296 g/mol. The van der Waals surface area contributed by atoms with Crippen LogP contribution < -0.4 is 5.32 Å². The zero-order valence-corrected chi connectivity index (χ0v) is 11.8. The number of carboxylic acids is 1. The lowest BCUT2D eigenvalue weighted by atomic mass is 10.1. The molecule has 0 amide bonds. The van der Waals surface area contributed by atoms with Gasteiger partial charge in [0.05, 0.1) is 0 Å². The van der Waals surface area contributed by atoms with E-state index in [0.29, 0.717) is 16.4 Å². The molecule has 0 saturated carbocycles. The maximum Gasteiger partial charge on any atom is 0.326 e. The van der Waals surface area contributed by atoms with Crippen LogP contribution in [0.5, 0.6) is 0 Å². The minimum Gasteiger partial charge on any atom is -0.480 e. The number of aliphatic carboxylic acids is 1. The number of halogens is 1. The number of aromatic nitrogens is 2. The molecular formula is C13H14ClN3O3. The summed E-state index contributed by atoms with van der Waals surface area (Å²) in [5, 5.41) is 16.2. The molecule has 0 aliphatic carbocycles. The van der Waals surface area contributed by atoms with E-state index in [2.05, 4.69) is 15.5 Å². The first-order valence-corrected chi connectivity index (χ1v) is 6.44. The van der Waals surface area contributed by atoms with Crippen molar-refractivity contribution in [1.29, 1.82) is 0 Å². The summed E-state index contributed by atoms with van der Waals surface area (Å²) in [7, 11) is 0. The van der Waals surface area contributed by atoms with Crippen molar-refractivity contribution in [3.8, 4) is 11.4 Å². The molecule has 2 aromatic rings. The molecular weight excluding hydrogens is 282 g/mol. The van der Waals surface area contributed by atoms with Gasteiger partial charge in [-0.25, -0.2) is 4.79 Å². The minimum atomic E-state index is -0.970. The number of nitrogens with one attached hydrogen (secondary N) is 1. The van der Waals surface area contributed by atoms with Crippen LogP contribution in [-0.2, 0) is 4.79 Å². The van der Waals surface area contributed by atoms with Gasteiger partial charge in [0.1, 0.15) is 6.04 Å². The number of hydrogen-bond donors (Lipinski definition) is 2. The van der Waals surface area contributed by atoms with E-state index in [0.717, 1.165) is 0 Å². The van der Waals surface area contributed by atoms with Crippen LogP contribution in [0.1, 0.15) is 13.8 Å². The van der Waals surface area contributed by atoms with Crippen molar-refractivity contribution >= 4 is 23.6 Å². The molecule has 0 spiro atoms. The fraction of sp³-hybridized carbons (Fsp3) is 0.308. The molecule has 1 aromatic carbocycles. The molecule has 1 atom stereocenters. The summed E-state index contributed by atoms with van der Waals surface area (Å²) in [5.74, 6) is -0.737. The molecule has 0 fully saturated rings. The lowest BCUT2D eigenvalue weighted by molar-refractivity contribution is -0.138. The molecule has 0 unspecified atom stereocenters.